The molecule has 19 heavy (non-hydrogen) atoms. The molecule has 1 aliphatic heterocycles. The minimum absolute atomic E-state index is 0.0811. The molecule has 1 fully saturated rings. The molecule has 0 aromatic heterocycles. The molecule has 2 unspecified atom stereocenters. The predicted molar refractivity (Wildman–Crippen MR) is 63.7 cm³/mol. The third-order valence-electron chi connectivity index (χ3n) is 3.52. The number of piperidine rings is 1. The van der Waals surface area contributed by atoms with Crippen molar-refractivity contribution in [3.8, 4) is 5.75 Å². The molecule has 1 aromatic carbocycles. The minimum Gasteiger partial charge on any atom is -0.406 e. The van der Waals surface area contributed by atoms with E-state index in [1.807, 2.05) is 6.92 Å². The number of halogens is 3. The zero-order valence-electron chi connectivity index (χ0n) is 10.5. The summed E-state index contributed by atoms with van der Waals surface area (Å²) in [6.45, 7) is 3.12. The number of hydrogen-bond acceptors (Lipinski definition) is 3. The second-order valence-electron chi connectivity index (χ2n) is 4.86. The summed E-state index contributed by atoms with van der Waals surface area (Å²) in [6, 6.07) is 5.58. The van der Waals surface area contributed by atoms with Crippen LogP contribution in [0.4, 0.5) is 13.2 Å². The molecule has 2 rings (SSSR count). The molecule has 1 saturated heterocycles. The zero-order chi connectivity index (χ0) is 14.1. The van der Waals surface area contributed by atoms with Crippen molar-refractivity contribution in [2.24, 2.45) is 5.92 Å². The molecule has 0 saturated carbocycles. The SMILES string of the molecule is CC1CNCCC1(O)c1cccc(OC(F)(F)F)c1. The largest absolute Gasteiger partial charge is 0.573 e. The van der Waals surface area contributed by atoms with Crippen molar-refractivity contribution in [3.63, 3.8) is 0 Å². The zero-order valence-corrected chi connectivity index (χ0v) is 10.5. The summed E-state index contributed by atoms with van der Waals surface area (Å²) in [5.74, 6) is -0.383. The molecule has 2 atom stereocenters. The smallest absolute Gasteiger partial charge is 0.406 e. The van der Waals surface area contributed by atoms with Gasteiger partial charge in [-0.2, -0.15) is 0 Å². The van der Waals surface area contributed by atoms with Gasteiger partial charge in [-0.1, -0.05) is 19.1 Å². The standard InChI is InChI=1S/C13H16F3NO2/c1-9-8-17-6-5-12(9,18)10-3-2-4-11(7-10)19-13(14,15)16/h2-4,7,9,17-18H,5-6,8H2,1H3. The van der Waals surface area contributed by atoms with Crippen LogP contribution in [-0.2, 0) is 5.60 Å². The van der Waals surface area contributed by atoms with Crippen molar-refractivity contribution in [3.05, 3.63) is 29.8 Å². The maximum atomic E-state index is 12.2. The lowest BCUT2D eigenvalue weighted by Gasteiger charge is -2.39. The molecule has 0 spiro atoms. The van der Waals surface area contributed by atoms with E-state index < -0.39 is 12.0 Å². The van der Waals surface area contributed by atoms with Gasteiger partial charge in [0.2, 0.25) is 0 Å². The second-order valence-corrected chi connectivity index (χ2v) is 4.86. The number of ether oxygens (including phenoxy) is 1. The number of alkyl halides is 3. The maximum absolute atomic E-state index is 12.2. The van der Waals surface area contributed by atoms with Crippen LogP contribution in [0.25, 0.3) is 0 Å². The van der Waals surface area contributed by atoms with Crippen molar-refractivity contribution in [1.29, 1.82) is 0 Å². The number of aliphatic hydroxyl groups is 1. The molecular formula is C13H16F3NO2. The summed E-state index contributed by atoms with van der Waals surface area (Å²) >= 11 is 0. The predicted octanol–water partition coefficient (Wildman–Crippen LogP) is 2.40. The van der Waals surface area contributed by atoms with Crippen LogP contribution in [0.3, 0.4) is 0 Å². The van der Waals surface area contributed by atoms with Gasteiger partial charge >= 0.3 is 6.36 Å². The van der Waals surface area contributed by atoms with Crippen molar-refractivity contribution in [1.82, 2.24) is 5.32 Å². The molecular weight excluding hydrogens is 259 g/mol. The van der Waals surface area contributed by atoms with Gasteiger partial charge in [-0.3, -0.25) is 0 Å². The molecule has 0 aliphatic carbocycles. The van der Waals surface area contributed by atoms with Crippen LogP contribution in [0.15, 0.2) is 24.3 Å². The van der Waals surface area contributed by atoms with E-state index in [4.69, 9.17) is 0 Å². The molecule has 0 amide bonds. The highest BCUT2D eigenvalue weighted by Crippen LogP contribution is 2.36. The van der Waals surface area contributed by atoms with Gasteiger partial charge in [0.1, 0.15) is 5.75 Å². The molecule has 1 aromatic rings. The number of rotatable bonds is 2. The first-order valence-electron chi connectivity index (χ1n) is 6.11. The highest BCUT2D eigenvalue weighted by Gasteiger charge is 2.38. The fourth-order valence-electron chi connectivity index (χ4n) is 2.40. The summed E-state index contributed by atoms with van der Waals surface area (Å²) in [5.41, 5.74) is -0.654. The Morgan fingerprint density at radius 3 is 2.79 bits per heavy atom. The molecule has 2 N–H and O–H groups in total. The van der Waals surface area contributed by atoms with Gasteiger partial charge < -0.3 is 15.2 Å². The second kappa shape index (κ2) is 5.02. The van der Waals surface area contributed by atoms with Crippen molar-refractivity contribution in [2.75, 3.05) is 13.1 Å². The lowest BCUT2D eigenvalue weighted by Crippen LogP contribution is -2.46. The Kier molecular flexibility index (Phi) is 3.73. The Morgan fingerprint density at radius 2 is 2.16 bits per heavy atom. The third-order valence-corrected chi connectivity index (χ3v) is 3.52. The van der Waals surface area contributed by atoms with E-state index in [0.717, 1.165) is 0 Å². The Morgan fingerprint density at radius 1 is 1.42 bits per heavy atom. The van der Waals surface area contributed by atoms with Gasteiger partial charge in [-0.25, -0.2) is 0 Å². The minimum atomic E-state index is -4.72. The summed E-state index contributed by atoms with van der Waals surface area (Å²) in [5, 5.41) is 13.8. The Bertz CT molecular complexity index is 450. The van der Waals surface area contributed by atoms with Crippen LogP contribution in [0.1, 0.15) is 18.9 Å². The highest BCUT2D eigenvalue weighted by molar-refractivity contribution is 5.33. The first-order valence-corrected chi connectivity index (χ1v) is 6.11. The van der Waals surface area contributed by atoms with Gasteiger partial charge in [0.15, 0.2) is 0 Å². The van der Waals surface area contributed by atoms with Gasteiger partial charge in [0.05, 0.1) is 5.60 Å². The van der Waals surface area contributed by atoms with Crippen molar-refractivity contribution >= 4 is 0 Å². The number of nitrogens with one attached hydrogen (secondary N) is 1. The average molecular weight is 275 g/mol. The van der Waals surface area contributed by atoms with Crippen molar-refractivity contribution in [2.45, 2.75) is 25.3 Å². The molecule has 106 valence electrons. The van der Waals surface area contributed by atoms with Gasteiger partial charge in [0, 0.05) is 12.5 Å². The van der Waals surface area contributed by atoms with Crippen LogP contribution < -0.4 is 10.1 Å². The first kappa shape index (κ1) is 14.1. The third kappa shape index (κ3) is 3.19. The van der Waals surface area contributed by atoms with E-state index in [2.05, 4.69) is 10.1 Å². The summed E-state index contributed by atoms with van der Waals surface area (Å²) in [6.07, 6.45) is -4.26. The van der Waals surface area contributed by atoms with Crippen LogP contribution >= 0.6 is 0 Å². The average Bonchev–Trinajstić information content (AvgIpc) is 2.31. The number of benzene rings is 1. The van der Waals surface area contributed by atoms with Crippen LogP contribution in [0.5, 0.6) is 5.75 Å². The van der Waals surface area contributed by atoms with Crippen LogP contribution in [0.2, 0.25) is 0 Å². The molecule has 6 heteroatoms. The molecule has 3 nitrogen and oxygen atoms in total. The van der Waals surface area contributed by atoms with Crippen LogP contribution in [-0.4, -0.2) is 24.6 Å². The fraction of sp³-hybridized carbons (Fsp3) is 0.538. The fourth-order valence-corrected chi connectivity index (χ4v) is 2.40. The molecule has 1 heterocycles. The van der Waals surface area contributed by atoms with E-state index in [9.17, 15) is 18.3 Å². The normalized spacial score (nSPS) is 28.2. The van der Waals surface area contributed by atoms with E-state index in [1.165, 1.54) is 18.2 Å². The summed E-state index contributed by atoms with van der Waals surface area (Å²) in [4.78, 5) is 0. The van der Waals surface area contributed by atoms with Crippen LogP contribution in [0, 0.1) is 5.92 Å². The van der Waals surface area contributed by atoms with E-state index in [1.54, 1.807) is 6.07 Å². The van der Waals surface area contributed by atoms with Gasteiger partial charge in [-0.05, 0) is 30.7 Å². The topological polar surface area (TPSA) is 41.5 Å². The summed E-state index contributed by atoms with van der Waals surface area (Å²) < 4.78 is 40.5. The highest BCUT2D eigenvalue weighted by atomic mass is 19.4. The monoisotopic (exact) mass is 275 g/mol. The van der Waals surface area contributed by atoms with E-state index in [-0.39, 0.29) is 11.7 Å². The van der Waals surface area contributed by atoms with Gasteiger partial charge in [-0.15, -0.1) is 13.2 Å². The van der Waals surface area contributed by atoms with E-state index >= 15 is 0 Å². The summed E-state index contributed by atoms with van der Waals surface area (Å²) in [7, 11) is 0. The maximum Gasteiger partial charge on any atom is 0.573 e. The lowest BCUT2D eigenvalue weighted by atomic mass is 9.77. The lowest BCUT2D eigenvalue weighted by molar-refractivity contribution is -0.274. The quantitative estimate of drug-likeness (QED) is 0.871. The Hall–Kier alpha value is -1.27. The molecule has 0 radical (unpaired) electrons. The van der Waals surface area contributed by atoms with Crippen molar-refractivity contribution < 1.29 is 23.0 Å². The number of hydrogen-bond donors (Lipinski definition) is 2. The van der Waals surface area contributed by atoms with E-state index in [0.29, 0.717) is 25.1 Å². The Labute approximate surface area is 109 Å². The molecule has 0 bridgehead atoms. The van der Waals surface area contributed by atoms with Gasteiger partial charge in [0.25, 0.3) is 0 Å². The molecule has 1 aliphatic rings. The first-order chi connectivity index (χ1) is 8.81. The Balaban J connectivity index is 2.27.